The first-order chi connectivity index (χ1) is 13.3. The van der Waals surface area contributed by atoms with Crippen molar-refractivity contribution >= 4 is 11.6 Å². The van der Waals surface area contributed by atoms with Crippen molar-refractivity contribution in [2.75, 3.05) is 5.32 Å². The van der Waals surface area contributed by atoms with Gasteiger partial charge in [-0.05, 0) is 54.3 Å². The fraction of sp³-hybridized carbons (Fsp3) is 0.136. The number of benzene rings is 3. The molecule has 0 spiro atoms. The summed E-state index contributed by atoms with van der Waals surface area (Å²) in [5.41, 5.74) is 1.08. The molecule has 0 bridgehead atoms. The summed E-state index contributed by atoms with van der Waals surface area (Å²) < 4.78 is 53.2. The van der Waals surface area contributed by atoms with E-state index in [2.05, 4.69) is 5.32 Å². The minimum Gasteiger partial charge on any atom is -0.322 e. The number of rotatable bonds is 4. The Morgan fingerprint density at radius 1 is 0.929 bits per heavy atom. The van der Waals surface area contributed by atoms with E-state index in [0.29, 0.717) is 16.8 Å². The Morgan fingerprint density at radius 3 is 2.25 bits per heavy atom. The summed E-state index contributed by atoms with van der Waals surface area (Å²) in [5.74, 6) is -1.19. The lowest BCUT2D eigenvalue weighted by atomic mass is 9.99. The molecule has 0 aliphatic rings. The van der Waals surface area contributed by atoms with E-state index in [1.165, 1.54) is 24.3 Å². The van der Waals surface area contributed by atoms with Gasteiger partial charge in [-0.1, -0.05) is 42.5 Å². The number of hydrogen-bond donors (Lipinski definition) is 1. The predicted molar refractivity (Wildman–Crippen MR) is 99.8 cm³/mol. The van der Waals surface area contributed by atoms with Crippen LogP contribution in [0.4, 0.5) is 23.2 Å². The topological polar surface area (TPSA) is 29.1 Å². The first-order valence-electron chi connectivity index (χ1n) is 8.56. The maximum atomic E-state index is 13.9. The molecule has 0 aliphatic carbocycles. The molecule has 3 rings (SSSR count). The molecule has 2 nitrogen and oxygen atoms in total. The molecule has 0 aromatic heterocycles. The number of carbonyl (C=O) groups is 1. The highest BCUT2D eigenvalue weighted by atomic mass is 19.4. The van der Waals surface area contributed by atoms with E-state index in [9.17, 15) is 22.4 Å². The normalized spacial score (nSPS) is 11.3. The largest absolute Gasteiger partial charge is 0.416 e. The summed E-state index contributed by atoms with van der Waals surface area (Å²) in [6.07, 6.45) is -4.31. The lowest BCUT2D eigenvalue weighted by molar-refractivity contribution is -0.138. The van der Waals surface area contributed by atoms with Crippen molar-refractivity contribution in [3.05, 3.63) is 100 Å². The number of aryl methyl sites for hydroxylation is 1. The fourth-order valence-electron chi connectivity index (χ4n) is 2.99. The van der Waals surface area contributed by atoms with Crippen LogP contribution < -0.4 is 5.32 Å². The Balaban J connectivity index is 1.76. The number of nitrogens with one attached hydrogen (secondary N) is 1. The Hall–Kier alpha value is -3.15. The van der Waals surface area contributed by atoms with Crippen molar-refractivity contribution in [1.82, 2.24) is 0 Å². The molecular weight excluding hydrogens is 370 g/mol. The van der Waals surface area contributed by atoms with E-state index in [1.807, 2.05) is 0 Å². The molecule has 3 aromatic carbocycles. The third kappa shape index (κ3) is 4.39. The SMILES string of the molecule is Cc1cccc(F)c1C(=O)Nc1ccc(Cc2ccccc2C(F)(F)F)cc1. The molecule has 6 heteroatoms. The molecule has 0 unspecified atom stereocenters. The van der Waals surface area contributed by atoms with Gasteiger partial charge in [-0.15, -0.1) is 0 Å². The minimum atomic E-state index is -4.41. The lowest BCUT2D eigenvalue weighted by Crippen LogP contribution is -2.15. The lowest BCUT2D eigenvalue weighted by Gasteiger charge is -2.13. The van der Waals surface area contributed by atoms with Gasteiger partial charge in [0.15, 0.2) is 0 Å². The summed E-state index contributed by atoms with van der Waals surface area (Å²) in [6, 6.07) is 16.2. The summed E-state index contributed by atoms with van der Waals surface area (Å²) >= 11 is 0. The van der Waals surface area contributed by atoms with Crippen molar-refractivity contribution in [1.29, 1.82) is 0 Å². The van der Waals surface area contributed by atoms with Crippen molar-refractivity contribution in [2.45, 2.75) is 19.5 Å². The number of hydrogen-bond acceptors (Lipinski definition) is 1. The number of halogens is 4. The van der Waals surface area contributed by atoms with E-state index >= 15 is 0 Å². The molecule has 0 aliphatic heterocycles. The van der Waals surface area contributed by atoms with Crippen LogP contribution in [0.25, 0.3) is 0 Å². The van der Waals surface area contributed by atoms with Crippen LogP contribution in [0.2, 0.25) is 0 Å². The van der Waals surface area contributed by atoms with E-state index in [0.717, 1.165) is 6.07 Å². The van der Waals surface area contributed by atoms with Crippen molar-refractivity contribution < 1.29 is 22.4 Å². The Labute approximate surface area is 159 Å². The number of amides is 1. The molecule has 1 N–H and O–H groups in total. The standard InChI is InChI=1S/C22H17F4NO/c1-14-5-4-8-19(23)20(14)21(28)27-17-11-9-15(10-12-17)13-16-6-2-3-7-18(16)22(24,25)26/h2-12H,13H2,1H3,(H,27,28). The molecule has 0 saturated carbocycles. The zero-order chi connectivity index (χ0) is 20.3. The second kappa shape index (κ2) is 7.84. The zero-order valence-electron chi connectivity index (χ0n) is 15.0. The zero-order valence-corrected chi connectivity index (χ0v) is 15.0. The average molecular weight is 387 g/mol. The van der Waals surface area contributed by atoms with Gasteiger partial charge in [0.2, 0.25) is 0 Å². The quantitative estimate of drug-likeness (QED) is 0.547. The van der Waals surface area contributed by atoms with Crippen LogP contribution in [0.15, 0.2) is 66.7 Å². The Kier molecular flexibility index (Phi) is 5.49. The van der Waals surface area contributed by atoms with Gasteiger partial charge >= 0.3 is 6.18 Å². The number of alkyl halides is 3. The Morgan fingerprint density at radius 2 is 1.61 bits per heavy atom. The highest BCUT2D eigenvalue weighted by Crippen LogP contribution is 2.33. The van der Waals surface area contributed by atoms with Gasteiger partial charge in [0.05, 0.1) is 11.1 Å². The molecular formula is C22H17F4NO. The van der Waals surface area contributed by atoms with Gasteiger partial charge in [-0.3, -0.25) is 4.79 Å². The minimum absolute atomic E-state index is 0.0364. The second-order valence-electron chi connectivity index (χ2n) is 6.41. The highest BCUT2D eigenvalue weighted by Gasteiger charge is 2.32. The number of anilines is 1. The van der Waals surface area contributed by atoms with Crippen LogP contribution in [0.5, 0.6) is 0 Å². The highest BCUT2D eigenvalue weighted by molar-refractivity contribution is 6.05. The average Bonchev–Trinajstić information content (AvgIpc) is 2.63. The monoisotopic (exact) mass is 387 g/mol. The molecule has 0 heterocycles. The fourth-order valence-corrected chi connectivity index (χ4v) is 2.99. The van der Waals surface area contributed by atoms with E-state index in [1.54, 1.807) is 43.3 Å². The van der Waals surface area contributed by atoms with Gasteiger partial charge < -0.3 is 5.32 Å². The van der Waals surface area contributed by atoms with Crippen LogP contribution >= 0.6 is 0 Å². The van der Waals surface area contributed by atoms with E-state index < -0.39 is 23.5 Å². The van der Waals surface area contributed by atoms with E-state index in [4.69, 9.17) is 0 Å². The van der Waals surface area contributed by atoms with Gasteiger partial charge in [0.25, 0.3) is 5.91 Å². The van der Waals surface area contributed by atoms with Gasteiger partial charge in [-0.2, -0.15) is 13.2 Å². The first kappa shape index (κ1) is 19.6. The summed E-state index contributed by atoms with van der Waals surface area (Å²) in [5, 5.41) is 2.61. The maximum absolute atomic E-state index is 13.9. The molecule has 0 fully saturated rings. The third-order valence-corrected chi connectivity index (χ3v) is 4.38. The van der Waals surface area contributed by atoms with Gasteiger partial charge in [-0.25, -0.2) is 4.39 Å². The smallest absolute Gasteiger partial charge is 0.322 e. The van der Waals surface area contributed by atoms with Crippen LogP contribution in [0.1, 0.15) is 32.6 Å². The van der Waals surface area contributed by atoms with Crippen LogP contribution in [-0.2, 0) is 12.6 Å². The molecule has 0 saturated heterocycles. The van der Waals surface area contributed by atoms with Gasteiger partial charge in [0, 0.05) is 5.69 Å². The Bertz CT molecular complexity index is 974. The maximum Gasteiger partial charge on any atom is 0.416 e. The molecule has 3 aromatic rings. The van der Waals surface area contributed by atoms with Crippen molar-refractivity contribution in [2.24, 2.45) is 0 Å². The van der Waals surface area contributed by atoms with Gasteiger partial charge in [0.1, 0.15) is 5.82 Å². The van der Waals surface area contributed by atoms with Crippen molar-refractivity contribution in [3.63, 3.8) is 0 Å². The number of carbonyl (C=O) groups excluding carboxylic acids is 1. The molecule has 0 radical (unpaired) electrons. The summed E-state index contributed by atoms with van der Waals surface area (Å²) in [4.78, 5) is 12.3. The summed E-state index contributed by atoms with van der Waals surface area (Å²) in [7, 11) is 0. The second-order valence-corrected chi connectivity index (χ2v) is 6.41. The predicted octanol–water partition coefficient (Wildman–Crippen LogP) is 6.00. The van der Waals surface area contributed by atoms with Crippen LogP contribution in [0.3, 0.4) is 0 Å². The third-order valence-electron chi connectivity index (χ3n) is 4.38. The first-order valence-corrected chi connectivity index (χ1v) is 8.56. The van der Waals surface area contributed by atoms with Crippen LogP contribution in [-0.4, -0.2) is 5.91 Å². The van der Waals surface area contributed by atoms with E-state index in [-0.39, 0.29) is 17.5 Å². The molecule has 28 heavy (non-hydrogen) atoms. The van der Waals surface area contributed by atoms with Crippen molar-refractivity contribution in [3.8, 4) is 0 Å². The van der Waals surface area contributed by atoms with Crippen LogP contribution in [0, 0.1) is 12.7 Å². The molecule has 1 amide bonds. The molecule has 0 atom stereocenters. The summed E-state index contributed by atoms with van der Waals surface area (Å²) in [6.45, 7) is 1.64. The molecule has 144 valence electrons.